The maximum absolute atomic E-state index is 14.3. The van der Waals surface area contributed by atoms with E-state index < -0.39 is 6.04 Å². The number of amides is 3. The van der Waals surface area contributed by atoms with Crippen molar-refractivity contribution in [2.24, 2.45) is 11.8 Å². The van der Waals surface area contributed by atoms with Crippen LogP contribution >= 0.6 is 0 Å². The SMILES string of the molecule is C[C@@H]1CCCCO[C@H](CN(C)C(=O)C2CCCCC2)[C@@H](C)CN([C@H](C)CO)C(=O)c2cc(NC(=O)c3ccncc3)ccc2O1. The van der Waals surface area contributed by atoms with E-state index in [2.05, 4.69) is 10.3 Å². The first-order valence-electron chi connectivity index (χ1n) is 16.5. The van der Waals surface area contributed by atoms with Crippen LogP contribution in [0.1, 0.15) is 92.9 Å². The highest BCUT2D eigenvalue weighted by Gasteiger charge is 2.32. The van der Waals surface area contributed by atoms with Crippen molar-refractivity contribution in [3.8, 4) is 5.75 Å². The van der Waals surface area contributed by atoms with Gasteiger partial charge >= 0.3 is 0 Å². The number of carbonyl (C=O) groups is 3. The third-order valence-corrected chi connectivity index (χ3v) is 9.04. The lowest BCUT2D eigenvalue weighted by Crippen LogP contribution is -2.48. The summed E-state index contributed by atoms with van der Waals surface area (Å²) in [4.78, 5) is 47.9. The largest absolute Gasteiger partial charge is 0.490 e. The molecule has 1 aromatic heterocycles. The molecule has 0 bridgehead atoms. The number of aliphatic hydroxyl groups excluding tert-OH is 1. The molecule has 0 radical (unpaired) electrons. The molecule has 3 amide bonds. The molecular formula is C35H50N4O6. The number of hydrogen-bond donors (Lipinski definition) is 2. The fourth-order valence-corrected chi connectivity index (χ4v) is 6.19. The summed E-state index contributed by atoms with van der Waals surface area (Å²) in [6.07, 6.45) is 10.4. The quantitative estimate of drug-likeness (QED) is 0.437. The summed E-state index contributed by atoms with van der Waals surface area (Å²) >= 11 is 0. The zero-order valence-electron chi connectivity index (χ0n) is 27.2. The Hall–Kier alpha value is -3.50. The van der Waals surface area contributed by atoms with Crippen LogP contribution in [0.4, 0.5) is 5.69 Å². The Labute approximate surface area is 267 Å². The predicted molar refractivity (Wildman–Crippen MR) is 173 cm³/mol. The lowest BCUT2D eigenvalue weighted by Gasteiger charge is -2.36. The van der Waals surface area contributed by atoms with Gasteiger partial charge in [-0.05, 0) is 76.3 Å². The molecule has 4 rings (SSSR count). The zero-order chi connectivity index (χ0) is 32.3. The minimum atomic E-state index is -0.490. The highest BCUT2D eigenvalue weighted by Crippen LogP contribution is 2.29. The third kappa shape index (κ3) is 9.50. The van der Waals surface area contributed by atoms with Crippen LogP contribution in [0.2, 0.25) is 0 Å². The van der Waals surface area contributed by atoms with E-state index in [9.17, 15) is 19.5 Å². The number of nitrogens with one attached hydrogen (secondary N) is 1. The lowest BCUT2D eigenvalue weighted by molar-refractivity contribution is -0.137. The molecule has 2 heterocycles. The second kappa shape index (κ2) is 16.7. The van der Waals surface area contributed by atoms with Gasteiger partial charge in [0.25, 0.3) is 11.8 Å². The van der Waals surface area contributed by atoms with E-state index in [1.165, 1.54) is 6.42 Å². The summed E-state index contributed by atoms with van der Waals surface area (Å²) < 4.78 is 12.7. The molecular weight excluding hydrogens is 572 g/mol. The Morgan fingerprint density at radius 3 is 2.49 bits per heavy atom. The van der Waals surface area contributed by atoms with Crippen LogP contribution in [0.15, 0.2) is 42.7 Å². The van der Waals surface area contributed by atoms with Crippen LogP contribution in [0.5, 0.6) is 5.75 Å². The Kier molecular flexibility index (Phi) is 12.8. The van der Waals surface area contributed by atoms with Gasteiger partial charge in [-0.15, -0.1) is 0 Å². The number of rotatable bonds is 7. The Morgan fingerprint density at radius 2 is 1.78 bits per heavy atom. The number of hydrogen-bond acceptors (Lipinski definition) is 7. The van der Waals surface area contributed by atoms with Gasteiger partial charge < -0.3 is 29.7 Å². The molecule has 2 N–H and O–H groups in total. The molecule has 4 atom stereocenters. The predicted octanol–water partition coefficient (Wildman–Crippen LogP) is 5.17. The van der Waals surface area contributed by atoms with Crippen molar-refractivity contribution in [1.29, 1.82) is 0 Å². The van der Waals surface area contributed by atoms with Crippen molar-refractivity contribution in [2.75, 3.05) is 38.7 Å². The van der Waals surface area contributed by atoms with Gasteiger partial charge in [-0.2, -0.15) is 0 Å². The van der Waals surface area contributed by atoms with E-state index in [1.807, 2.05) is 25.8 Å². The number of benzene rings is 1. The number of aliphatic hydroxyl groups is 1. The second-order valence-corrected chi connectivity index (χ2v) is 12.8. The first kappa shape index (κ1) is 34.4. The van der Waals surface area contributed by atoms with Gasteiger partial charge in [0.15, 0.2) is 0 Å². The molecule has 2 aliphatic rings. The first-order chi connectivity index (χ1) is 21.7. The van der Waals surface area contributed by atoms with Crippen LogP contribution in [0.25, 0.3) is 0 Å². The lowest BCUT2D eigenvalue weighted by atomic mass is 9.88. The van der Waals surface area contributed by atoms with E-state index in [1.54, 1.807) is 54.5 Å². The first-order valence-corrected chi connectivity index (χ1v) is 16.5. The van der Waals surface area contributed by atoms with Gasteiger partial charge in [-0.3, -0.25) is 19.4 Å². The summed E-state index contributed by atoms with van der Waals surface area (Å²) in [5.41, 5.74) is 1.21. The van der Waals surface area contributed by atoms with Crippen molar-refractivity contribution in [2.45, 2.75) is 90.4 Å². The standard InChI is InChI=1S/C35H50N4O6/c1-24-21-39(25(2)23-40)35(43)30-20-29(37-33(41)27-15-17-36-18-16-27)13-14-31(30)45-26(3)10-8-9-19-44-32(24)22-38(4)34(42)28-11-6-5-7-12-28/h13-18,20,24-26,28,32,40H,5-12,19,21-23H2,1-4H3,(H,37,41)/t24-,25+,26+,32+/m0/s1. The van der Waals surface area contributed by atoms with Crippen LogP contribution in [-0.4, -0.2) is 89.2 Å². The summed E-state index contributed by atoms with van der Waals surface area (Å²) in [6, 6.07) is 7.84. The number of pyridine rings is 1. The fraction of sp³-hybridized carbons (Fsp3) is 0.600. The molecule has 1 aliphatic carbocycles. The summed E-state index contributed by atoms with van der Waals surface area (Å²) in [7, 11) is 1.86. The third-order valence-electron chi connectivity index (χ3n) is 9.04. The molecule has 1 fully saturated rings. The molecule has 10 nitrogen and oxygen atoms in total. The topological polar surface area (TPSA) is 121 Å². The molecule has 246 valence electrons. The van der Waals surface area contributed by atoms with E-state index in [0.29, 0.717) is 42.3 Å². The van der Waals surface area contributed by atoms with Crippen molar-refractivity contribution >= 4 is 23.4 Å². The maximum Gasteiger partial charge on any atom is 0.258 e. The van der Waals surface area contributed by atoms with Gasteiger partial charge in [-0.1, -0.05) is 26.2 Å². The monoisotopic (exact) mass is 622 g/mol. The van der Waals surface area contributed by atoms with E-state index >= 15 is 0 Å². The smallest absolute Gasteiger partial charge is 0.258 e. The van der Waals surface area contributed by atoms with E-state index in [0.717, 1.165) is 44.9 Å². The van der Waals surface area contributed by atoms with E-state index in [-0.39, 0.29) is 48.4 Å². The van der Waals surface area contributed by atoms with Crippen LogP contribution < -0.4 is 10.1 Å². The highest BCUT2D eigenvalue weighted by atomic mass is 16.5. The molecule has 45 heavy (non-hydrogen) atoms. The number of fused-ring (bicyclic) bond motifs is 1. The van der Waals surface area contributed by atoms with Gasteiger partial charge in [-0.25, -0.2) is 0 Å². The summed E-state index contributed by atoms with van der Waals surface area (Å²) in [5.74, 6) is -0.0987. The average molecular weight is 623 g/mol. The Balaban J connectivity index is 1.61. The number of carbonyl (C=O) groups excluding carboxylic acids is 3. The van der Waals surface area contributed by atoms with Crippen LogP contribution in [0.3, 0.4) is 0 Å². The van der Waals surface area contributed by atoms with Crippen molar-refractivity contribution < 1.29 is 29.0 Å². The fourth-order valence-electron chi connectivity index (χ4n) is 6.19. The second-order valence-electron chi connectivity index (χ2n) is 12.8. The van der Waals surface area contributed by atoms with Crippen LogP contribution in [0, 0.1) is 11.8 Å². The molecule has 0 unspecified atom stereocenters. The van der Waals surface area contributed by atoms with Crippen molar-refractivity contribution in [3.63, 3.8) is 0 Å². The Morgan fingerprint density at radius 1 is 1.07 bits per heavy atom. The number of likely N-dealkylation sites (N-methyl/N-ethyl adjacent to an activating group) is 1. The highest BCUT2D eigenvalue weighted by molar-refractivity contribution is 6.05. The number of anilines is 1. The molecule has 10 heteroatoms. The van der Waals surface area contributed by atoms with Crippen molar-refractivity contribution in [1.82, 2.24) is 14.8 Å². The molecule has 1 aromatic carbocycles. The summed E-state index contributed by atoms with van der Waals surface area (Å²) in [5, 5.41) is 13.1. The molecule has 0 spiro atoms. The van der Waals surface area contributed by atoms with Crippen LogP contribution in [-0.2, 0) is 9.53 Å². The molecule has 1 saturated carbocycles. The Bertz CT molecular complexity index is 1270. The minimum Gasteiger partial charge on any atom is -0.490 e. The van der Waals surface area contributed by atoms with Gasteiger partial charge in [0.05, 0.1) is 30.4 Å². The van der Waals surface area contributed by atoms with E-state index in [4.69, 9.17) is 9.47 Å². The van der Waals surface area contributed by atoms with Gasteiger partial charge in [0.1, 0.15) is 5.75 Å². The molecule has 1 aliphatic heterocycles. The normalized spacial score (nSPS) is 22.8. The molecule has 2 aromatic rings. The van der Waals surface area contributed by atoms with Crippen molar-refractivity contribution in [3.05, 3.63) is 53.9 Å². The maximum atomic E-state index is 14.3. The zero-order valence-corrected chi connectivity index (χ0v) is 27.2. The average Bonchev–Trinajstić information content (AvgIpc) is 3.06. The number of ether oxygens (including phenoxy) is 2. The molecule has 0 saturated heterocycles. The van der Waals surface area contributed by atoms with Gasteiger partial charge in [0, 0.05) is 62.2 Å². The minimum absolute atomic E-state index is 0.0660. The number of aromatic nitrogens is 1. The number of nitrogens with zero attached hydrogens (tertiary/aromatic N) is 3. The summed E-state index contributed by atoms with van der Waals surface area (Å²) in [6.45, 7) is 6.88. The van der Waals surface area contributed by atoms with Gasteiger partial charge in [0.2, 0.25) is 5.91 Å².